The summed E-state index contributed by atoms with van der Waals surface area (Å²) in [7, 11) is 0. The van der Waals surface area contributed by atoms with Gasteiger partial charge < -0.3 is 4.57 Å². The van der Waals surface area contributed by atoms with Crippen molar-refractivity contribution in [1.82, 2.24) is 14.5 Å². The molecule has 0 bridgehead atoms. The molecule has 1 aliphatic carbocycles. The first-order chi connectivity index (χ1) is 14.5. The Morgan fingerprint density at radius 3 is 2.40 bits per heavy atom. The number of nitrogens with zero attached hydrogens (tertiary/aromatic N) is 3. The number of rotatable bonds is 6. The summed E-state index contributed by atoms with van der Waals surface area (Å²) in [5.41, 5.74) is 6.61. The van der Waals surface area contributed by atoms with E-state index in [-0.39, 0.29) is 5.82 Å². The summed E-state index contributed by atoms with van der Waals surface area (Å²) in [6.45, 7) is 12.4. The fourth-order valence-corrected chi connectivity index (χ4v) is 4.55. The van der Waals surface area contributed by atoms with Crippen LogP contribution in [-0.4, -0.2) is 14.5 Å². The molecule has 0 unspecified atom stereocenters. The minimum absolute atomic E-state index is 0.240. The number of halogens is 1. The Hall–Kier alpha value is -2.49. The Morgan fingerprint density at radius 2 is 1.73 bits per heavy atom. The van der Waals surface area contributed by atoms with Gasteiger partial charge in [0.05, 0.1) is 11.2 Å². The molecule has 30 heavy (non-hydrogen) atoms. The van der Waals surface area contributed by atoms with Gasteiger partial charge in [0, 0.05) is 23.7 Å². The van der Waals surface area contributed by atoms with Crippen LogP contribution in [-0.2, 0) is 6.42 Å². The van der Waals surface area contributed by atoms with Crippen molar-refractivity contribution in [3.05, 3.63) is 64.5 Å². The summed E-state index contributed by atoms with van der Waals surface area (Å²) in [6.07, 6.45) is 7.35. The lowest BCUT2D eigenvalue weighted by Crippen LogP contribution is -2.10. The first kappa shape index (κ1) is 22.2. The van der Waals surface area contributed by atoms with E-state index < -0.39 is 0 Å². The van der Waals surface area contributed by atoms with E-state index in [1.165, 1.54) is 0 Å². The van der Waals surface area contributed by atoms with Gasteiger partial charge in [0.2, 0.25) is 0 Å². The second-order valence-corrected chi connectivity index (χ2v) is 7.85. The van der Waals surface area contributed by atoms with Gasteiger partial charge >= 0.3 is 0 Å². The number of hydrogen-bond donors (Lipinski definition) is 0. The van der Waals surface area contributed by atoms with Crippen LogP contribution >= 0.6 is 0 Å². The summed E-state index contributed by atoms with van der Waals surface area (Å²) in [5.74, 6) is 0.659. The van der Waals surface area contributed by atoms with Gasteiger partial charge in [0.25, 0.3) is 0 Å². The molecule has 0 saturated heterocycles. The van der Waals surface area contributed by atoms with E-state index in [2.05, 4.69) is 46.6 Å². The van der Waals surface area contributed by atoms with Crippen molar-refractivity contribution in [1.29, 1.82) is 0 Å². The quantitative estimate of drug-likeness (QED) is 0.428. The lowest BCUT2D eigenvalue weighted by Gasteiger charge is -2.20. The minimum atomic E-state index is -0.240. The average molecular weight is 408 g/mol. The van der Waals surface area contributed by atoms with E-state index >= 15 is 4.39 Å². The number of fused-ring (bicyclic) bond motifs is 2. The van der Waals surface area contributed by atoms with Crippen molar-refractivity contribution in [2.75, 3.05) is 0 Å². The zero-order valence-corrected chi connectivity index (χ0v) is 19.2. The number of imidazole rings is 1. The summed E-state index contributed by atoms with van der Waals surface area (Å²) >= 11 is 0. The number of allylic oxidation sites excluding steroid dienone is 1. The molecular formula is C26H34FN3. The van der Waals surface area contributed by atoms with Crippen LogP contribution in [0.25, 0.3) is 16.6 Å². The van der Waals surface area contributed by atoms with Crippen LogP contribution in [0.2, 0.25) is 0 Å². The lowest BCUT2D eigenvalue weighted by molar-refractivity contribution is 0.428. The fraction of sp³-hybridized carbons (Fsp3) is 0.462. The third-order valence-corrected chi connectivity index (χ3v) is 5.75. The van der Waals surface area contributed by atoms with Gasteiger partial charge in [-0.1, -0.05) is 52.7 Å². The highest BCUT2D eigenvalue weighted by molar-refractivity contribution is 5.89. The molecule has 3 aromatic rings. The van der Waals surface area contributed by atoms with Crippen LogP contribution in [0.3, 0.4) is 0 Å². The normalized spacial score (nSPS) is 12.7. The van der Waals surface area contributed by atoms with Gasteiger partial charge in [-0.2, -0.15) is 0 Å². The highest BCUT2D eigenvalue weighted by Crippen LogP contribution is 2.36. The Balaban J connectivity index is 0.00000124. The molecule has 2 heterocycles. The van der Waals surface area contributed by atoms with E-state index in [0.29, 0.717) is 11.6 Å². The first-order valence-electron chi connectivity index (χ1n) is 11.4. The molecule has 4 rings (SSSR count). The highest BCUT2D eigenvalue weighted by atomic mass is 19.1. The summed E-state index contributed by atoms with van der Waals surface area (Å²) in [4.78, 5) is 9.23. The topological polar surface area (TPSA) is 30.7 Å². The number of pyridine rings is 1. The summed E-state index contributed by atoms with van der Waals surface area (Å²) in [5, 5.41) is 0. The highest BCUT2D eigenvalue weighted by Gasteiger charge is 2.22. The van der Waals surface area contributed by atoms with Crippen LogP contribution in [0.4, 0.5) is 4.39 Å². The molecule has 1 aromatic carbocycles. The summed E-state index contributed by atoms with van der Waals surface area (Å²) in [6, 6.07) is 8.26. The van der Waals surface area contributed by atoms with Gasteiger partial charge in [0.1, 0.15) is 11.3 Å². The van der Waals surface area contributed by atoms with Crippen molar-refractivity contribution >= 4 is 16.6 Å². The number of aryl methyl sites for hydroxylation is 2. The van der Waals surface area contributed by atoms with Crippen molar-refractivity contribution in [3.63, 3.8) is 0 Å². The maximum Gasteiger partial charge on any atom is 0.151 e. The second-order valence-electron chi connectivity index (χ2n) is 7.85. The van der Waals surface area contributed by atoms with E-state index in [4.69, 9.17) is 0 Å². The third-order valence-electron chi connectivity index (χ3n) is 5.75. The van der Waals surface area contributed by atoms with Crippen LogP contribution < -0.4 is 0 Å². The van der Waals surface area contributed by atoms with Gasteiger partial charge in [-0.05, 0) is 56.0 Å². The zero-order valence-electron chi connectivity index (χ0n) is 19.2. The second kappa shape index (κ2) is 9.55. The third kappa shape index (κ3) is 4.05. The Morgan fingerprint density at radius 1 is 1.03 bits per heavy atom. The maximum absolute atomic E-state index is 15.0. The molecule has 0 radical (unpaired) electrons. The molecule has 0 amide bonds. The monoisotopic (exact) mass is 407 g/mol. The van der Waals surface area contributed by atoms with Crippen LogP contribution in [0, 0.1) is 19.7 Å². The maximum atomic E-state index is 15.0. The fourth-order valence-electron chi connectivity index (χ4n) is 4.55. The Bertz CT molecular complexity index is 1060. The first-order valence-corrected chi connectivity index (χ1v) is 11.4. The van der Waals surface area contributed by atoms with Crippen LogP contribution in [0.1, 0.15) is 87.8 Å². The molecule has 0 fully saturated rings. The van der Waals surface area contributed by atoms with Crippen molar-refractivity contribution in [2.24, 2.45) is 0 Å². The number of benzene rings is 1. The standard InChI is InChI=1S/C24H28FN3.C2H6/c1-5-7-18(8-6-2)28-16(4)27-24-21(25)13-17(14-23(24)28)19-11-12-22-20(19)10-9-15(3)26-22;1-2/h9-11,13-14,18H,5-8,12H2,1-4H3;1-2H3. The molecule has 1 aliphatic rings. The molecule has 2 aromatic heterocycles. The van der Waals surface area contributed by atoms with Crippen molar-refractivity contribution in [2.45, 2.75) is 79.7 Å². The largest absolute Gasteiger partial charge is 0.325 e. The zero-order chi connectivity index (χ0) is 21.8. The Labute approximate surface area is 180 Å². The number of hydrogen-bond acceptors (Lipinski definition) is 2. The predicted octanol–water partition coefficient (Wildman–Crippen LogP) is 7.34. The molecule has 4 heteroatoms. The van der Waals surface area contributed by atoms with E-state index in [1.807, 2.05) is 33.8 Å². The predicted molar refractivity (Wildman–Crippen MR) is 124 cm³/mol. The molecule has 0 aliphatic heterocycles. The minimum Gasteiger partial charge on any atom is -0.325 e. The molecule has 160 valence electrons. The van der Waals surface area contributed by atoms with E-state index in [0.717, 1.165) is 71.5 Å². The van der Waals surface area contributed by atoms with Crippen LogP contribution in [0.15, 0.2) is 30.3 Å². The lowest BCUT2D eigenvalue weighted by atomic mass is 9.99. The smallest absolute Gasteiger partial charge is 0.151 e. The van der Waals surface area contributed by atoms with Gasteiger partial charge in [-0.15, -0.1) is 0 Å². The molecule has 0 N–H and O–H groups in total. The van der Waals surface area contributed by atoms with Crippen molar-refractivity contribution < 1.29 is 4.39 Å². The molecule has 3 nitrogen and oxygen atoms in total. The average Bonchev–Trinajstić information content (AvgIpc) is 3.29. The van der Waals surface area contributed by atoms with Gasteiger partial charge in [0.15, 0.2) is 5.82 Å². The van der Waals surface area contributed by atoms with E-state index in [9.17, 15) is 0 Å². The SMILES string of the molecule is CC.CCCC(CCC)n1c(C)nc2c(F)cc(C3=CCc4nc(C)ccc43)cc21. The van der Waals surface area contributed by atoms with Crippen molar-refractivity contribution in [3.8, 4) is 0 Å². The van der Waals surface area contributed by atoms with E-state index in [1.54, 1.807) is 6.07 Å². The summed E-state index contributed by atoms with van der Waals surface area (Å²) < 4.78 is 17.3. The molecular weight excluding hydrogens is 373 g/mol. The van der Waals surface area contributed by atoms with Crippen LogP contribution in [0.5, 0.6) is 0 Å². The Kier molecular flexibility index (Phi) is 7.06. The molecule has 0 saturated carbocycles. The molecule has 0 spiro atoms. The van der Waals surface area contributed by atoms with Gasteiger partial charge in [-0.3, -0.25) is 4.98 Å². The van der Waals surface area contributed by atoms with Gasteiger partial charge in [-0.25, -0.2) is 9.37 Å². The molecule has 0 atom stereocenters. The number of aromatic nitrogens is 3.